The van der Waals surface area contributed by atoms with Crippen molar-refractivity contribution in [3.05, 3.63) is 30.3 Å². The van der Waals surface area contributed by atoms with Crippen molar-refractivity contribution < 1.29 is 8.42 Å². The Bertz CT molecular complexity index is 573. The highest BCUT2D eigenvalue weighted by Gasteiger charge is 2.11. The summed E-state index contributed by atoms with van der Waals surface area (Å²) in [5.41, 5.74) is 0. The highest BCUT2D eigenvalue weighted by molar-refractivity contribution is 7.89. The van der Waals surface area contributed by atoms with Crippen LogP contribution in [0.3, 0.4) is 0 Å². The van der Waals surface area contributed by atoms with Crippen molar-refractivity contribution in [2.24, 2.45) is 0 Å². The molecule has 0 saturated carbocycles. The Hall–Kier alpha value is -1.06. The number of nitrogens with one attached hydrogen (secondary N) is 1. The first-order valence-corrected chi connectivity index (χ1v) is 8.39. The molecule has 1 aliphatic heterocycles. The van der Waals surface area contributed by atoms with Gasteiger partial charge in [0.1, 0.15) is 0 Å². The molecule has 1 fully saturated rings. The number of sulfonamides is 1. The number of halogens is 1. The first-order chi connectivity index (χ1) is 9.68. The lowest BCUT2D eigenvalue weighted by molar-refractivity contribution is 0.255. The van der Waals surface area contributed by atoms with E-state index in [1.807, 2.05) is 0 Å². The minimum atomic E-state index is -3.43. The van der Waals surface area contributed by atoms with Crippen molar-refractivity contribution in [2.75, 3.05) is 26.2 Å². The van der Waals surface area contributed by atoms with Crippen molar-refractivity contribution in [1.29, 1.82) is 0 Å². The van der Waals surface area contributed by atoms with Gasteiger partial charge in [-0.25, -0.2) is 8.42 Å². The Morgan fingerprint density at radius 3 is 2.38 bits per heavy atom. The number of nitrogens with zero attached hydrogens (tertiary/aromatic N) is 1. The normalized spacial score (nSPS) is 15.6. The molecule has 1 N–H and O–H groups in total. The zero-order valence-electron chi connectivity index (χ0n) is 11.9. The molecule has 1 aliphatic rings. The van der Waals surface area contributed by atoms with Gasteiger partial charge in [0.05, 0.1) is 18.0 Å². The Morgan fingerprint density at radius 2 is 1.71 bits per heavy atom. The second kappa shape index (κ2) is 9.06. The molecule has 1 aromatic rings. The van der Waals surface area contributed by atoms with E-state index in [4.69, 9.17) is 0 Å². The molecule has 0 bridgehead atoms. The largest absolute Gasteiger partial charge is 0.292 e. The van der Waals surface area contributed by atoms with E-state index in [1.54, 1.807) is 30.3 Å². The smallest absolute Gasteiger partial charge is 0.241 e. The summed E-state index contributed by atoms with van der Waals surface area (Å²) >= 11 is 0. The molecule has 0 radical (unpaired) electrons. The third kappa shape index (κ3) is 6.06. The molecule has 6 heteroatoms. The van der Waals surface area contributed by atoms with Crippen molar-refractivity contribution >= 4 is 22.4 Å². The summed E-state index contributed by atoms with van der Waals surface area (Å²) in [6.45, 7) is 3.09. The van der Waals surface area contributed by atoms with E-state index in [1.165, 1.54) is 19.3 Å². The van der Waals surface area contributed by atoms with Gasteiger partial charge in [-0.15, -0.1) is 12.4 Å². The van der Waals surface area contributed by atoms with E-state index < -0.39 is 10.0 Å². The molecular formula is C15H21ClN2O2S. The van der Waals surface area contributed by atoms with E-state index in [0.717, 1.165) is 19.6 Å². The molecule has 0 aliphatic carbocycles. The minimum absolute atomic E-state index is 0. The summed E-state index contributed by atoms with van der Waals surface area (Å²) < 4.78 is 26.3. The van der Waals surface area contributed by atoms with Crippen LogP contribution in [0.5, 0.6) is 0 Å². The Kier molecular flexibility index (Phi) is 7.76. The lowest BCUT2D eigenvalue weighted by Crippen LogP contribution is -2.30. The number of likely N-dealkylation sites (tertiary alicyclic amines) is 1. The van der Waals surface area contributed by atoms with Gasteiger partial charge in [0, 0.05) is 0 Å². The molecular weight excluding hydrogens is 308 g/mol. The summed E-state index contributed by atoms with van der Waals surface area (Å²) in [5, 5.41) is 0. The molecule has 1 heterocycles. The molecule has 2 rings (SSSR count). The highest BCUT2D eigenvalue weighted by atomic mass is 35.5. The average molecular weight is 329 g/mol. The van der Waals surface area contributed by atoms with Crippen molar-refractivity contribution in [2.45, 2.75) is 24.2 Å². The lowest BCUT2D eigenvalue weighted by Gasteiger charge is -2.23. The monoisotopic (exact) mass is 328 g/mol. The van der Waals surface area contributed by atoms with Gasteiger partial charge in [-0.3, -0.25) is 4.90 Å². The van der Waals surface area contributed by atoms with Crippen LogP contribution in [-0.2, 0) is 10.0 Å². The maximum Gasteiger partial charge on any atom is 0.241 e. The Morgan fingerprint density at radius 1 is 1.05 bits per heavy atom. The van der Waals surface area contributed by atoms with Gasteiger partial charge in [-0.2, -0.15) is 4.72 Å². The van der Waals surface area contributed by atoms with Gasteiger partial charge >= 0.3 is 0 Å². The minimum Gasteiger partial charge on any atom is -0.292 e. The SMILES string of the molecule is Cl.O=S(=O)(NCC#CCN1CCCCC1)c1ccccc1. The quantitative estimate of drug-likeness (QED) is 0.859. The van der Waals surface area contributed by atoms with E-state index in [9.17, 15) is 8.42 Å². The van der Waals surface area contributed by atoms with Gasteiger partial charge in [-0.05, 0) is 38.1 Å². The van der Waals surface area contributed by atoms with Crippen LogP contribution in [0.25, 0.3) is 0 Å². The first kappa shape index (κ1) is 18.0. The van der Waals surface area contributed by atoms with Crippen LogP contribution < -0.4 is 4.72 Å². The molecule has 0 amide bonds. The highest BCUT2D eigenvalue weighted by Crippen LogP contribution is 2.07. The van der Waals surface area contributed by atoms with Gasteiger partial charge in [0.25, 0.3) is 0 Å². The Balaban J connectivity index is 0.00000220. The number of piperidine rings is 1. The number of hydrogen-bond donors (Lipinski definition) is 1. The predicted octanol–water partition coefficient (Wildman–Crippen LogP) is 1.88. The zero-order chi connectivity index (χ0) is 14.3. The number of rotatable bonds is 4. The fraction of sp³-hybridized carbons (Fsp3) is 0.467. The summed E-state index contributed by atoms with van der Waals surface area (Å²) in [6, 6.07) is 8.34. The molecule has 116 valence electrons. The number of benzene rings is 1. The first-order valence-electron chi connectivity index (χ1n) is 6.91. The average Bonchev–Trinajstić information content (AvgIpc) is 2.49. The van der Waals surface area contributed by atoms with Gasteiger partial charge in [0.15, 0.2) is 0 Å². The van der Waals surface area contributed by atoms with Crippen LogP contribution in [0.15, 0.2) is 35.2 Å². The van der Waals surface area contributed by atoms with E-state index >= 15 is 0 Å². The molecule has 0 spiro atoms. The van der Waals surface area contributed by atoms with Crippen LogP contribution in [-0.4, -0.2) is 39.5 Å². The van der Waals surface area contributed by atoms with Crippen LogP contribution in [0.2, 0.25) is 0 Å². The standard InChI is InChI=1S/C15H20N2O2S.ClH/c18-20(19,15-9-3-1-4-10-15)16-11-5-8-14-17-12-6-2-7-13-17;/h1,3-4,9-10,16H,2,6-7,11-14H2;1H. The fourth-order valence-corrected chi connectivity index (χ4v) is 3.11. The fourth-order valence-electron chi connectivity index (χ4n) is 2.16. The molecule has 0 aromatic heterocycles. The van der Waals surface area contributed by atoms with Crippen LogP contribution >= 0.6 is 12.4 Å². The Labute approximate surface area is 133 Å². The maximum atomic E-state index is 11.9. The summed E-state index contributed by atoms with van der Waals surface area (Å²) in [4.78, 5) is 2.58. The van der Waals surface area contributed by atoms with Crippen molar-refractivity contribution in [3.8, 4) is 11.8 Å². The van der Waals surface area contributed by atoms with Gasteiger partial charge < -0.3 is 0 Å². The predicted molar refractivity (Wildman–Crippen MR) is 86.9 cm³/mol. The topological polar surface area (TPSA) is 49.4 Å². The third-order valence-corrected chi connectivity index (χ3v) is 4.70. The van der Waals surface area contributed by atoms with E-state index in [2.05, 4.69) is 21.5 Å². The van der Waals surface area contributed by atoms with Gasteiger partial charge in [-0.1, -0.05) is 36.5 Å². The second-order valence-corrected chi connectivity index (χ2v) is 6.59. The summed E-state index contributed by atoms with van der Waals surface area (Å²) in [6.07, 6.45) is 3.78. The molecule has 1 aromatic carbocycles. The van der Waals surface area contributed by atoms with E-state index in [-0.39, 0.29) is 23.8 Å². The summed E-state index contributed by atoms with van der Waals surface area (Å²) in [5.74, 6) is 5.90. The lowest BCUT2D eigenvalue weighted by atomic mass is 10.1. The molecule has 21 heavy (non-hydrogen) atoms. The van der Waals surface area contributed by atoms with Crippen molar-refractivity contribution in [1.82, 2.24) is 9.62 Å². The molecule has 1 saturated heterocycles. The summed E-state index contributed by atoms with van der Waals surface area (Å²) in [7, 11) is -3.43. The maximum absolute atomic E-state index is 11.9. The van der Waals surface area contributed by atoms with Gasteiger partial charge in [0.2, 0.25) is 10.0 Å². The third-order valence-electron chi connectivity index (χ3n) is 3.28. The zero-order valence-corrected chi connectivity index (χ0v) is 13.5. The van der Waals surface area contributed by atoms with Crippen molar-refractivity contribution in [3.63, 3.8) is 0 Å². The molecule has 0 atom stereocenters. The second-order valence-electron chi connectivity index (χ2n) is 4.83. The van der Waals surface area contributed by atoms with Crippen LogP contribution in [0.1, 0.15) is 19.3 Å². The van der Waals surface area contributed by atoms with E-state index in [0.29, 0.717) is 0 Å². The van der Waals surface area contributed by atoms with Crippen LogP contribution in [0.4, 0.5) is 0 Å². The van der Waals surface area contributed by atoms with Crippen LogP contribution in [0, 0.1) is 11.8 Å². The molecule has 4 nitrogen and oxygen atoms in total. The molecule has 0 unspecified atom stereocenters. The number of hydrogen-bond acceptors (Lipinski definition) is 3.